The Balaban J connectivity index is 1.68. The highest BCUT2D eigenvalue weighted by Gasteiger charge is 2.31. The van der Waals surface area contributed by atoms with Gasteiger partial charge in [0.25, 0.3) is 0 Å². The Bertz CT molecular complexity index is 708. The first-order valence-corrected chi connectivity index (χ1v) is 9.14. The third-order valence-electron chi connectivity index (χ3n) is 4.17. The van der Waals surface area contributed by atoms with Gasteiger partial charge in [-0.15, -0.1) is 0 Å². The van der Waals surface area contributed by atoms with Crippen LogP contribution >= 0.6 is 0 Å². The highest BCUT2D eigenvalue weighted by molar-refractivity contribution is 5.79. The van der Waals surface area contributed by atoms with E-state index in [4.69, 9.17) is 10.00 Å². The maximum absolute atomic E-state index is 12.3. The van der Waals surface area contributed by atoms with E-state index in [9.17, 15) is 9.59 Å². The lowest BCUT2D eigenvalue weighted by molar-refractivity contribution is -0.124. The molecule has 1 heterocycles. The van der Waals surface area contributed by atoms with Crippen LogP contribution in [-0.2, 0) is 9.53 Å². The van der Waals surface area contributed by atoms with Crippen LogP contribution in [0.15, 0.2) is 18.3 Å². The van der Waals surface area contributed by atoms with Gasteiger partial charge in [0.2, 0.25) is 5.91 Å². The summed E-state index contributed by atoms with van der Waals surface area (Å²) in [4.78, 5) is 28.2. The van der Waals surface area contributed by atoms with Gasteiger partial charge >= 0.3 is 6.09 Å². The summed E-state index contributed by atoms with van der Waals surface area (Å²) in [6.45, 7) is 6.35. The van der Waals surface area contributed by atoms with Gasteiger partial charge in [-0.25, -0.2) is 9.78 Å². The van der Waals surface area contributed by atoms with Gasteiger partial charge in [-0.05, 0) is 52.2 Å². The molecule has 0 bridgehead atoms. The molecule has 1 aromatic rings. The van der Waals surface area contributed by atoms with Gasteiger partial charge in [-0.2, -0.15) is 5.26 Å². The van der Waals surface area contributed by atoms with Crippen LogP contribution in [0.5, 0.6) is 0 Å². The maximum atomic E-state index is 12.3. The second kappa shape index (κ2) is 9.21. The summed E-state index contributed by atoms with van der Waals surface area (Å²) in [5.41, 5.74) is -0.0680. The minimum atomic E-state index is -0.536. The van der Waals surface area contributed by atoms with Crippen molar-refractivity contribution in [2.24, 2.45) is 5.92 Å². The molecule has 2 rings (SSSR count). The molecule has 0 unspecified atom stereocenters. The summed E-state index contributed by atoms with van der Waals surface area (Å²) < 4.78 is 5.25. The van der Waals surface area contributed by atoms with Gasteiger partial charge in [0.15, 0.2) is 0 Å². The van der Waals surface area contributed by atoms with Crippen LogP contribution in [0.4, 0.5) is 10.6 Å². The van der Waals surface area contributed by atoms with Gasteiger partial charge in [0.05, 0.1) is 5.56 Å². The van der Waals surface area contributed by atoms with Crippen LogP contribution in [0.1, 0.15) is 45.6 Å². The van der Waals surface area contributed by atoms with Crippen molar-refractivity contribution in [1.82, 2.24) is 15.6 Å². The Hall–Kier alpha value is -2.82. The fourth-order valence-corrected chi connectivity index (χ4v) is 2.97. The number of carbonyl (C=O) groups excluding carboxylic acids is 2. The number of carbonyl (C=O) groups is 2. The van der Waals surface area contributed by atoms with E-state index >= 15 is 0 Å². The topological polar surface area (TPSA) is 116 Å². The molecule has 1 fully saturated rings. The van der Waals surface area contributed by atoms with E-state index in [1.807, 2.05) is 20.8 Å². The van der Waals surface area contributed by atoms with E-state index in [-0.39, 0.29) is 17.9 Å². The number of rotatable bonds is 6. The van der Waals surface area contributed by atoms with Crippen LogP contribution in [0.3, 0.4) is 0 Å². The van der Waals surface area contributed by atoms with E-state index in [0.717, 1.165) is 12.8 Å². The fourth-order valence-electron chi connectivity index (χ4n) is 2.97. The number of nitrogens with one attached hydrogen (secondary N) is 3. The number of alkyl carbamates (subject to hydrolysis) is 1. The Morgan fingerprint density at radius 1 is 1.33 bits per heavy atom. The van der Waals surface area contributed by atoms with Crippen molar-refractivity contribution in [3.63, 3.8) is 0 Å². The number of hydrogen-bond acceptors (Lipinski definition) is 6. The lowest BCUT2D eigenvalue weighted by Crippen LogP contribution is -2.39. The highest BCUT2D eigenvalue weighted by Crippen LogP contribution is 2.26. The van der Waals surface area contributed by atoms with E-state index in [1.165, 1.54) is 0 Å². The molecule has 8 heteroatoms. The summed E-state index contributed by atoms with van der Waals surface area (Å²) in [7, 11) is 0. The maximum Gasteiger partial charge on any atom is 0.407 e. The van der Waals surface area contributed by atoms with Crippen molar-refractivity contribution in [1.29, 1.82) is 5.26 Å². The molecule has 0 aliphatic heterocycles. The van der Waals surface area contributed by atoms with Crippen LogP contribution < -0.4 is 16.0 Å². The van der Waals surface area contributed by atoms with Gasteiger partial charge in [0, 0.05) is 31.2 Å². The standard InChI is InChI=1S/C19H27N5O3/c1-19(2,3)27-18(26)24-15-7-6-13(11-15)17(25)23-10-9-22-16-14(12-20)5-4-8-21-16/h4-5,8,13,15H,6-7,9-11H2,1-3H3,(H,21,22)(H,23,25)(H,24,26)/t13-,15-/m0/s1. The van der Waals surface area contributed by atoms with E-state index in [0.29, 0.717) is 30.9 Å². The molecule has 146 valence electrons. The zero-order valence-electron chi connectivity index (χ0n) is 16.0. The lowest BCUT2D eigenvalue weighted by atomic mass is 10.1. The number of hydrogen-bond donors (Lipinski definition) is 3. The fraction of sp³-hybridized carbons (Fsp3) is 0.579. The molecular formula is C19H27N5O3. The highest BCUT2D eigenvalue weighted by atomic mass is 16.6. The minimum absolute atomic E-state index is 0.0215. The van der Waals surface area contributed by atoms with Crippen molar-refractivity contribution in [2.45, 2.75) is 51.7 Å². The molecule has 1 aromatic heterocycles. The van der Waals surface area contributed by atoms with Gasteiger partial charge in [0.1, 0.15) is 17.5 Å². The third-order valence-corrected chi connectivity index (χ3v) is 4.17. The van der Waals surface area contributed by atoms with Crippen molar-refractivity contribution < 1.29 is 14.3 Å². The number of nitriles is 1. The Labute approximate surface area is 159 Å². The van der Waals surface area contributed by atoms with Crippen molar-refractivity contribution >= 4 is 17.8 Å². The van der Waals surface area contributed by atoms with Crippen LogP contribution in [-0.4, -0.2) is 41.7 Å². The van der Waals surface area contributed by atoms with E-state index < -0.39 is 11.7 Å². The minimum Gasteiger partial charge on any atom is -0.444 e. The molecule has 1 aliphatic rings. The average molecular weight is 373 g/mol. The molecule has 27 heavy (non-hydrogen) atoms. The summed E-state index contributed by atoms with van der Waals surface area (Å²) in [6.07, 6.45) is 3.27. The van der Waals surface area contributed by atoms with E-state index in [2.05, 4.69) is 27.0 Å². The van der Waals surface area contributed by atoms with Crippen LogP contribution in [0, 0.1) is 17.2 Å². The molecule has 1 aliphatic carbocycles. The first-order chi connectivity index (χ1) is 12.8. The second-order valence-electron chi connectivity index (χ2n) is 7.58. The molecule has 3 N–H and O–H groups in total. The monoisotopic (exact) mass is 373 g/mol. The smallest absolute Gasteiger partial charge is 0.407 e. The number of aromatic nitrogens is 1. The largest absolute Gasteiger partial charge is 0.444 e. The Morgan fingerprint density at radius 3 is 2.81 bits per heavy atom. The Morgan fingerprint density at radius 2 is 2.11 bits per heavy atom. The number of anilines is 1. The summed E-state index contributed by atoms with van der Waals surface area (Å²) >= 11 is 0. The lowest BCUT2D eigenvalue weighted by Gasteiger charge is -2.21. The zero-order chi connectivity index (χ0) is 19.9. The molecule has 0 saturated heterocycles. The molecule has 0 radical (unpaired) electrons. The molecule has 2 amide bonds. The van der Waals surface area contributed by atoms with Gasteiger partial charge in [-0.3, -0.25) is 4.79 Å². The summed E-state index contributed by atoms with van der Waals surface area (Å²) in [6, 6.07) is 5.41. The quantitative estimate of drug-likeness (QED) is 0.658. The SMILES string of the molecule is CC(C)(C)OC(=O)N[C@H]1CC[C@H](C(=O)NCCNc2ncccc2C#N)C1. The van der Waals surface area contributed by atoms with Crippen LogP contribution in [0.25, 0.3) is 0 Å². The third kappa shape index (κ3) is 6.77. The Kier molecular flexibility index (Phi) is 6.99. The molecule has 2 atom stereocenters. The number of nitrogens with zero attached hydrogens (tertiary/aromatic N) is 2. The van der Waals surface area contributed by atoms with Crippen molar-refractivity contribution in [3.05, 3.63) is 23.9 Å². The second-order valence-corrected chi connectivity index (χ2v) is 7.58. The van der Waals surface area contributed by atoms with Gasteiger partial charge < -0.3 is 20.7 Å². The normalized spacial score (nSPS) is 19.0. The average Bonchev–Trinajstić information content (AvgIpc) is 3.05. The van der Waals surface area contributed by atoms with Crippen molar-refractivity contribution in [2.75, 3.05) is 18.4 Å². The molecule has 8 nitrogen and oxygen atoms in total. The number of ether oxygens (including phenoxy) is 1. The molecular weight excluding hydrogens is 346 g/mol. The number of pyridine rings is 1. The molecule has 0 spiro atoms. The van der Waals surface area contributed by atoms with Gasteiger partial charge in [-0.1, -0.05) is 0 Å². The predicted octanol–water partition coefficient (Wildman–Crippen LogP) is 2.17. The first kappa shape index (κ1) is 20.5. The predicted molar refractivity (Wildman–Crippen MR) is 101 cm³/mol. The first-order valence-electron chi connectivity index (χ1n) is 9.14. The summed E-state index contributed by atoms with van der Waals surface area (Å²) in [5, 5.41) is 17.8. The molecule has 1 saturated carbocycles. The summed E-state index contributed by atoms with van der Waals surface area (Å²) in [5.74, 6) is 0.373. The van der Waals surface area contributed by atoms with Crippen molar-refractivity contribution in [3.8, 4) is 6.07 Å². The molecule has 0 aromatic carbocycles. The number of amides is 2. The zero-order valence-corrected chi connectivity index (χ0v) is 16.0. The van der Waals surface area contributed by atoms with Crippen LogP contribution in [0.2, 0.25) is 0 Å². The van der Waals surface area contributed by atoms with E-state index in [1.54, 1.807) is 18.3 Å².